The number of carbonyl (C=O) groups is 2. The van der Waals surface area contributed by atoms with Gasteiger partial charge < -0.3 is 9.47 Å². The number of rotatable bonds is 5. The van der Waals surface area contributed by atoms with Crippen LogP contribution < -0.4 is 4.74 Å². The molecule has 0 radical (unpaired) electrons. The van der Waals surface area contributed by atoms with Crippen LogP contribution in [0.25, 0.3) is 10.8 Å². The molecule has 0 aliphatic heterocycles. The van der Waals surface area contributed by atoms with Crippen molar-refractivity contribution in [2.24, 2.45) is 5.92 Å². The second-order valence-corrected chi connectivity index (χ2v) is 6.44. The molecule has 0 aliphatic rings. The highest BCUT2D eigenvalue weighted by Gasteiger charge is 2.14. The standard InChI is InChI=1S/C22H20O4/c1-15(2)14-25-21(23)17-9-5-10-18(13-17)22(24)26-20-12-6-8-16-7-3-4-11-19(16)20/h3-13,15H,14H2,1-2H3. The fraction of sp³-hybridized carbons (Fsp3) is 0.182. The van der Waals surface area contributed by atoms with Gasteiger partial charge in [-0.25, -0.2) is 9.59 Å². The van der Waals surface area contributed by atoms with Gasteiger partial charge in [-0.3, -0.25) is 0 Å². The first kappa shape index (κ1) is 17.7. The molecular formula is C22H20O4. The first-order valence-electron chi connectivity index (χ1n) is 8.51. The number of fused-ring (bicyclic) bond motifs is 1. The second kappa shape index (κ2) is 7.83. The van der Waals surface area contributed by atoms with Crippen molar-refractivity contribution >= 4 is 22.7 Å². The number of ether oxygens (including phenoxy) is 2. The van der Waals surface area contributed by atoms with Crippen molar-refractivity contribution in [3.8, 4) is 5.75 Å². The Morgan fingerprint density at radius 3 is 2.27 bits per heavy atom. The zero-order valence-corrected chi connectivity index (χ0v) is 14.8. The Labute approximate surface area is 152 Å². The van der Waals surface area contributed by atoms with Crippen LogP contribution in [0.2, 0.25) is 0 Å². The summed E-state index contributed by atoms with van der Waals surface area (Å²) in [5.74, 6) is -0.224. The van der Waals surface area contributed by atoms with Crippen molar-refractivity contribution in [3.05, 3.63) is 77.9 Å². The fourth-order valence-corrected chi connectivity index (χ4v) is 2.54. The summed E-state index contributed by atoms with van der Waals surface area (Å²) in [6, 6.07) is 19.6. The third-order valence-electron chi connectivity index (χ3n) is 3.83. The maximum absolute atomic E-state index is 12.5. The number of hydrogen-bond acceptors (Lipinski definition) is 4. The van der Waals surface area contributed by atoms with Crippen LogP contribution in [0.3, 0.4) is 0 Å². The largest absolute Gasteiger partial charge is 0.462 e. The highest BCUT2D eigenvalue weighted by atomic mass is 16.5. The molecule has 0 unspecified atom stereocenters. The van der Waals surface area contributed by atoms with Crippen molar-refractivity contribution in [2.75, 3.05) is 6.61 Å². The summed E-state index contributed by atoms with van der Waals surface area (Å²) in [5.41, 5.74) is 0.634. The Hall–Kier alpha value is -3.14. The van der Waals surface area contributed by atoms with Crippen molar-refractivity contribution in [1.29, 1.82) is 0 Å². The number of benzene rings is 3. The molecule has 26 heavy (non-hydrogen) atoms. The Morgan fingerprint density at radius 1 is 0.846 bits per heavy atom. The highest BCUT2D eigenvalue weighted by molar-refractivity contribution is 5.98. The summed E-state index contributed by atoms with van der Waals surface area (Å²) in [7, 11) is 0. The third-order valence-corrected chi connectivity index (χ3v) is 3.83. The first-order valence-corrected chi connectivity index (χ1v) is 8.51. The Kier molecular flexibility index (Phi) is 5.32. The highest BCUT2D eigenvalue weighted by Crippen LogP contribution is 2.26. The number of esters is 2. The van der Waals surface area contributed by atoms with Crippen LogP contribution in [0.1, 0.15) is 34.6 Å². The van der Waals surface area contributed by atoms with Crippen molar-refractivity contribution in [2.45, 2.75) is 13.8 Å². The average molecular weight is 348 g/mol. The molecule has 0 saturated carbocycles. The van der Waals surface area contributed by atoms with Crippen LogP contribution in [0.15, 0.2) is 66.7 Å². The van der Waals surface area contributed by atoms with Crippen LogP contribution in [0.4, 0.5) is 0 Å². The maximum atomic E-state index is 12.5. The monoisotopic (exact) mass is 348 g/mol. The van der Waals surface area contributed by atoms with Crippen molar-refractivity contribution in [1.82, 2.24) is 0 Å². The van der Waals surface area contributed by atoms with E-state index in [0.29, 0.717) is 23.5 Å². The smallest absolute Gasteiger partial charge is 0.343 e. The molecule has 3 aromatic carbocycles. The van der Waals surface area contributed by atoms with E-state index in [9.17, 15) is 9.59 Å². The van der Waals surface area contributed by atoms with E-state index in [1.165, 1.54) is 6.07 Å². The minimum Gasteiger partial charge on any atom is -0.462 e. The van der Waals surface area contributed by atoms with E-state index in [1.807, 2.05) is 50.2 Å². The summed E-state index contributed by atoms with van der Waals surface area (Å²) >= 11 is 0. The quantitative estimate of drug-likeness (QED) is 0.487. The average Bonchev–Trinajstić information content (AvgIpc) is 2.66. The molecule has 3 aromatic rings. The van der Waals surface area contributed by atoms with E-state index in [-0.39, 0.29) is 5.92 Å². The van der Waals surface area contributed by atoms with Gasteiger partial charge in [0.2, 0.25) is 0 Å². The van der Waals surface area contributed by atoms with Gasteiger partial charge in [-0.2, -0.15) is 0 Å². The Morgan fingerprint density at radius 2 is 1.50 bits per heavy atom. The van der Waals surface area contributed by atoms with E-state index in [2.05, 4.69) is 0 Å². The number of carbonyl (C=O) groups excluding carboxylic acids is 2. The van der Waals surface area contributed by atoms with Gasteiger partial charge >= 0.3 is 11.9 Å². The van der Waals surface area contributed by atoms with Crippen LogP contribution in [0.5, 0.6) is 5.75 Å². The van der Waals surface area contributed by atoms with E-state index in [4.69, 9.17) is 9.47 Å². The van der Waals surface area contributed by atoms with Crippen LogP contribution >= 0.6 is 0 Å². The molecule has 3 rings (SSSR count). The third kappa shape index (κ3) is 4.09. The molecule has 4 heteroatoms. The molecule has 0 amide bonds. The second-order valence-electron chi connectivity index (χ2n) is 6.44. The summed E-state index contributed by atoms with van der Waals surface area (Å²) in [6.45, 7) is 4.26. The lowest BCUT2D eigenvalue weighted by molar-refractivity contribution is 0.0459. The molecule has 0 N–H and O–H groups in total. The van der Waals surface area contributed by atoms with Crippen LogP contribution in [0, 0.1) is 5.92 Å². The molecule has 4 nitrogen and oxygen atoms in total. The molecule has 132 valence electrons. The predicted molar refractivity (Wildman–Crippen MR) is 100 cm³/mol. The van der Waals surface area contributed by atoms with Crippen LogP contribution in [-0.4, -0.2) is 18.5 Å². The molecule has 0 atom stereocenters. The molecule has 0 fully saturated rings. The van der Waals surface area contributed by atoms with Gasteiger partial charge in [-0.1, -0.05) is 56.3 Å². The molecule has 0 aliphatic carbocycles. The van der Waals surface area contributed by atoms with Gasteiger partial charge in [0.15, 0.2) is 0 Å². The van der Waals surface area contributed by atoms with Gasteiger partial charge in [-0.05, 0) is 35.6 Å². The lowest BCUT2D eigenvalue weighted by atomic mass is 10.1. The van der Waals surface area contributed by atoms with E-state index in [0.717, 1.165) is 10.8 Å². The van der Waals surface area contributed by atoms with E-state index in [1.54, 1.807) is 24.3 Å². The van der Waals surface area contributed by atoms with Gasteiger partial charge in [0.1, 0.15) is 5.75 Å². The van der Waals surface area contributed by atoms with Gasteiger partial charge in [0, 0.05) is 5.39 Å². The molecule has 0 bridgehead atoms. The SMILES string of the molecule is CC(C)COC(=O)c1cccc(C(=O)Oc2cccc3ccccc23)c1. The zero-order chi connectivity index (χ0) is 18.5. The molecule has 0 heterocycles. The number of hydrogen-bond donors (Lipinski definition) is 0. The normalized spacial score (nSPS) is 10.7. The predicted octanol–water partition coefficient (Wildman–Crippen LogP) is 4.87. The maximum Gasteiger partial charge on any atom is 0.343 e. The minimum atomic E-state index is -0.514. The molecule has 0 saturated heterocycles. The Bertz CT molecular complexity index is 938. The van der Waals surface area contributed by atoms with E-state index >= 15 is 0 Å². The van der Waals surface area contributed by atoms with Crippen LogP contribution in [-0.2, 0) is 4.74 Å². The Balaban J connectivity index is 1.80. The molecule has 0 spiro atoms. The first-order chi connectivity index (χ1) is 12.5. The van der Waals surface area contributed by atoms with E-state index < -0.39 is 11.9 Å². The summed E-state index contributed by atoms with van der Waals surface area (Å²) < 4.78 is 10.8. The summed E-state index contributed by atoms with van der Waals surface area (Å²) in [4.78, 5) is 24.6. The van der Waals surface area contributed by atoms with Gasteiger partial charge in [0.25, 0.3) is 0 Å². The van der Waals surface area contributed by atoms with Gasteiger partial charge in [-0.15, -0.1) is 0 Å². The summed E-state index contributed by atoms with van der Waals surface area (Å²) in [5, 5.41) is 1.85. The topological polar surface area (TPSA) is 52.6 Å². The van der Waals surface area contributed by atoms with Crippen molar-refractivity contribution in [3.63, 3.8) is 0 Å². The van der Waals surface area contributed by atoms with Gasteiger partial charge in [0.05, 0.1) is 17.7 Å². The lowest BCUT2D eigenvalue weighted by Crippen LogP contribution is -2.13. The molecular weight excluding hydrogens is 328 g/mol. The molecule has 0 aromatic heterocycles. The van der Waals surface area contributed by atoms with Crippen molar-refractivity contribution < 1.29 is 19.1 Å². The lowest BCUT2D eigenvalue weighted by Gasteiger charge is -2.09. The summed E-state index contributed by atoms with van der Waals surface area (Å²) in [6.07, 6.45) is 0. The fourth-order valence-electron chi connectivity index (χ4n) is 2.54. The minimum absolute atomic E-state index is 0.249. The zero-order valence-electron chi connectivity index (χ0n) is 14.8.